The standard InChI is InChI=1S/C16H18N2O2/c1-20-16(19)15-7-4-10-18(15)11-13-9-8-12-5-2-3-6-14(12)17-13/h2-3,5-6,8-9,15H,4,7,10-11H2,1H3. The number of ether oxygens (including phenoxy) is 1. The molecule has 1 aromatic heterocycles. The van der Waals surface area contributed by atoms with Gasteiger partial charge in [0.15, 0.2) is 0 Å². The maximum Gasteiger partial charge on any atom is 0.323 e. The summed E-state index contributed by atoms with van der Waals surface area (Å²) in [5, 5.41) is 1.14. The highest BCUT2D eigenvalue weighted by Crippen LogP contribution is 2.21. The topological polar surface area (TPSA) is 42.4 Å². The molecule has 1 fully saturated rings. The number of pyridine rings is 1. The molecule has 0 bridgehead atoms. The number of rotatable bonds is 3. The normalized spacial score (nSPS) is 19.4. The summed E-state index contributed by atoms with van der Waals surface area (Å²) in [6, 6.07) is 12.1. The Bertz CT molecular complexity index is 627. The fourth-order valence-corrected chi connectivity index (χ4v) is 2.82. The van der Waals surface area contributed by atoms with E-state index in [2.05, 4.69) is 22.0 Å². The molecule has 0 saturated carbocycles. The van der Waals surface area contributed by atoms with E-state index in [9.17, 15) is 4.79 Å². The lowest BCUT2D eigenvalue weighted by Gasteiger charge is -2.21. The van der Waals surface area contributed by atoms with Gasteiger partial charge in [0.05, 0.1) is 18.3 Å². The van der Waals surface area contributed by atoms with E-state index in [-0.39, 0.29) is 12.0 Å². The third-order valence-electron chi connectivity index (χ3n) is 3.86. The lowest BCUT2D eigenvalue weighted by atomic mass is 10.2. The van der Waals surface area contributed by atoms with Crippen molar-refractivity contribution in [2.24, 2.45) is 0 Å². The number of carbonyl (C=O) groups excluding carboxylic acids is 1. The van der Waals surface area contributed by atoms with Gasteiger partial charge in [-0.3, -0.25) is 14.7 Å². The quantitative estimate of drug-likeness (QED) is 0.803. The zero-order chi connectivity index (χ0) is 13.9. The first-order valence-electron chi connectivity index (χ1n) is 6.94. The Kier molecular flexibility index (Phi) is 3.65. The number of benzene rings is 1. The summed E-state index contributed by atoms with van der Waals surface area (Å²) in [5.41, 5.74) is 2.00. The highest BCUT2D eigenvalue weighted by Gasteiger charge is 2.31. The maximum absolute atomic E-state index is 11.7. The molecule has 0 spiro atoms. The minimum atomic E-state index is -0.136. The van der Waals surface area contributed by atoms with Crippen molar-refractivity contribution in [2.45, 2.75) is 25.4 Å². The van der Waals surface area contributed by atoms with Crippen LogP contribution in [0.4, 0.5) is 0 Å². The van der Waals surface area contributed by atoms with Crippen LogP contribution in [0.15, 0.2) is 36.4 Å². The van der Waals surface area contributed by atoms with Gasteiger partial charge < -0.3 is 4.74 Å². The molecule has 2 aromatic rings. The zero-order valence-electron chi connectivity index (χ0n) is 11.6. The van der Waals surface area contributed by atoms with Gasteiger partial charge in [0, 0.05) is 11.9 Å². The summed E-state index contributed by atoms with van der Waals surface area (Å²) in [6.45, 7) is 1.62. The molecular weight excluding hydrogens is 252 g/mol. The van der Waals surface area contributed by atoms with Gasteiger partial charge in [0.1, 0.15) is 6.04 Å². The molecule has 2 heterocycles. The van der Waals surface area contributed by atoms with Crippen LogP contribution in [0.2, 0.25) is 0 Å². The molecule has 0 amide bonds. The van der Waals surface area contributed by atoms with Crippen molar-refractivity contribution in [1.82, 2.24) is 9.88 Å². The highest BCUT2D eigenvalue weighted by molar-refractivity contribution is 5.78. The van der Waals surface area contributed by atoms with Crippen LogP contribution in [0, 0.1) is 0 Å². The molecule has 3 rings (SSSR count). The Balaban J connectivity index is 1.80. The maximum atomic E-state index is 11.7. The molecule has 1 aromatic carbocycles. The largest absolute Gasteiger partial charge is 0.468 e. The number of methoxy groups -OCH3 is 1. The van der Waals surface area contributed by atoms with Crippen molar-refractivity contribution in [3.8, 4) is 0 Å². The molecule has 0 radical (unpaired) electrons. The van der Waals surface area contributed by atoms with Crippen LogP contribution in [0.25, 0.3) is 10.9 Å². The summed E-state index contributed by atoms with van der Waals surface area (Å²) in [7, 11) is 1.45. The van der Waals surface area contributed by atoms with Crippen LogP contribution in [-0.2, 0) is 16.1 Å². The van der Waals surface area contributed by atoms with Crippen molar-refractivity contribution in [3.05, 3.63) is 42.1 Å². The summed E-state index contributed by atoms with van der Waals surface area (Å²) in [4.78, 5) is 18.6. The molecule has 1 aliphatic rings. The van der Waals surface area contributed by atoms with E-state index in [1.165, 1.54) is 7.11 Å². The first kappa shape index (κ1) is 13.1. The number of esters is 1. The highest BCUT2D eigenvalue weighted by atomic mass is 16.5. The van der Waals surface area contributed by atoms with Gasteiger partial charge in [0.25, 0.3) is 0 Å². The molecule has 1 aliphatic heterocycles. The average molecular weight is 270 g/mol. The molecule has 0 aliphatic carbocycles. The number of fused-ring (bicyclic) bond motifs is 1. The van der Waals surface area contributed by atoms with E-state index in [1.807, 2.05) is 24.3 Å². The van der Waals surface area contributed by atoms with Crippen molar-refractivity contribution < 1.29 is 9.53 Å². The summed E-state index contributed by atoms with van der Waals surface area (Å²) in [5.74, 6) is -0.136. The predicted molar refractivity (Wildman–Crippen MR) is 77.2 cm³/mol. The number of hydrogen-bond donors (Lipinski definition) is 0. The van der Waals surface area contributed by atoms with E-state index >= 15 is 0 Å². The van der Waals surface area contributed by atoms with E-state index in [0.29, 0.717) is 6.54 Å². The Morgan fingerprint density at radius 2 is 2.20 bits per heavy atom. The molecule has 20 heavy (non-hydrogen) atoms. The van der Waals surface area contributed by atoms with Crippen LogP contribution in [0.1, 0.15) is 18.5 Å². The predicted octanol–water partition coefficient (Wildman–Crippen LogP) is 2.37. The molecule has 1 atom stereocenters. The Labute approximate surface area is 118 Å². The van der Waals surface area contributed by atoms with Gasteiger partial charge in [-0.05, 0) is 31.5 Å². The lowest BCUT2D eigenvalue weighted by Crippen LogP contribution is -2.36. The van der Waals surface area contributed by atoms with Crippen molar-refractivity contribution >= 4 is 16.9 Å². The molecular formula is C16H18N2O2. The minimum absolute atomic E-state index is 0.117. The SMILES string of the molecule is COC(=O)C1CCCN1Cc1ccc2ccccc2n1. The molecule has 0 N–H and O–H groups in total. The van der Waals surface area contributed by atoms with E-state index in [0.717, 1.165) is 36.0 Å². The second kappa shape index (κ2) is 5.59. The molecule has 4 nitrogen and oxygen atoms in total. The van der Waals surface area contributed by atoms with Crippen molar-refractivity contribution in [3.63, 3.8) is 0 Å². The molecule has 1 unspecified atom stereocenters. The smallest absolute Gasteiger partial charge is 0.323 e. The second-order valence-electron chi connectivity index (χ2n) is 5.15. The molecule has 4 heteroatoms. The molecule has 104 valence electrons. The number of hydrogen-bond acceptors (Lipinski definition) is 4. The summed E-state index contributed by atoms with van der Waals surface area (Å²) in [6.07, 6.45) is 1.91. The zero-order valence-corrected chi connectivity index (χ0v) is 11.6. The van der Waals surface area contributed by atoms with Crippen LogP contribution >= 0.6 is 0 Å². The van der Waals surface area contributed by atoms with Crippen LogP contribution < -0.4 is 0 Å². The van der Waals surface area contributed by atoms with Gasteiger partial charge in [-0.15, -0.1) is 0 Å². The fourth-order valence-electron chi connectivity index (χ4n) is 2.82. The molecule has 1 saturated heterocycles. The first-order valence-corrected chi connectivity index (χ1v) is 6.94. The summed E-state index contributed by atoms with van der Waals surface area (Å²) >= 11 is 0. The van der Waals surface area contributed by atoms with Crippen LogP contribution in [0.5, 0.6) is 0 Å². The van der Waals surface area contributed by atoms with Gasteiger partial charge in [-0.1, -0.05) is 24.3 Å². The Hall–Kier alpha value is -1.94. The van der Waals surface area contributed by atoms with Gasteiger partial charge in [-0.25, -0.2) is 0 Å². The van der Waals surface area contributed by atoms with Crippen LogP contribution in [-0.4, -0.2) is 35.5 Å². The Morgan fingerprint density at radius 3 is 3.05 bits per heavy atom. The van der Waals surface area contributed by atoms with E-state index in [4.69, 9.17) is 4.74 Å². The van der Waals surface area contributed by atoms with Gasteiger partial charge >= 0.3 is 5.97 Å². The average Bonchev–Trinajstić information content (AvgIpc) is 2.94. The summed E-state index contributed by atoms with van der Waals surface area (Å²) < 4.78 is 4.87. The lowest BCUT2D eigenvalue weighted by molar-refractivity contribution is -0.146. The number of nitrogens with zero attached hydrogens (tertiary/aromatic N) is 2. The number of aromatic nitrogens is 1. The monoisotopic (exact) mass is 270 g/mol. The van der Waals surface area contributed by atoms with E-state index < -0.39 is 0 Å². The first-order chi connectivity index (χ1) is 9.78. The number of likely N-dealkylation sites (tertiary alicyclic amines) is 1. The van der Waals surface area contributed by atoms with E-state index in [1.54, 1.807) is 0 Å². The fraction of sp³-hybridized carbons (Fsp3) is 0.375. The second-order valence-corrected chi connectivity index (χ2v) is 5.15. The Morgan fingerprint density at radius 1 is 1.35 bits per heavy atom. The van der Waals surface area contributed by atoms with Gasteiger partial charge in [-0.2, -0.15) is 0 Å². The third kappa shape index (κ3) is 2.51. The van der Waals surface area contributed by atoms with Crippen molar-refractivity contribution in [1.29, 1.82) is 0 Å². The van der Waals surface area contributed by atoms with Crippen molar-refractivity contribution in [2.75, 3.05) is 13.7 Å². The number of carbonyl (C=O) groups is 1. The van der Waals surface area contributed by atoms with Crippen LogP contribution in [0.3, 0.4) is 0 Å². The van der Waals surface area contributed by atoms with Gasteiger partial charge in [0.2, 0.25) is 0 Å². The third-order valence-corrected chi connectivity index (χ3v) is 3.86. The minimum Gasteiger partial charge on any atom is -0.468 e. The number of para-hydroxylation sites is 1.